The molecule has 0 unspecified atom stereocenters. The van der Waals surface area contributed by atoms with Crippen LogP contribution in [0.1, 0.15) is 34.7 Å². The SMILES string of the molecule is CCOc1ccc(C#Cc2ccc(C)cc2)c(C)c1C. The summed E-state index contributed by atoms with van der Waals surface area (Å²) in [5.74, 6) is 7.42. The molecule has 0 saturated heterocycles. The molecule has 2 aromatic carbocycles. The van der Waals surface area contributed by atoms with E-state index in [1.807, 2.05) is 19.1 Å². The molecular formula is C19H20O. The summed E-state index contributed by atoms with van der Waals surface area (Å²) in [6.07, 6.45) is 0. The Morgan fingerprint density at radius 2 is 1.55 bits per heavy atom. The second-order valence-electron chi connectivity index (χ2n) is 4.91. The largest absolute Gasteiger partial charge is 0.494 e. The van der Waals surface area contributed by atoms with Crippen LogP contribution >= 0.6 is 0 Å². The van der Waals surface area contributed by atoms with Crippen LogP contribution in [0.4, 0.5) is 0 Å². The molecule has 2 rings (SSSR count). The normalized spacial score (nSPS) is 9.80. The summed E-state index contributed by atoms with van der Waals surface area (Å²) >= 11 is 0. The third kappa shape index (κ3) is 3.22. The first-order valence-corrected chi connectivity index (χ1v) is 6.93. The zero-order chi connectivity index (χ0) is 14.5. The Morgan fingerprint density at radius 3 is 2.20 bits per heavy atom. The lowest BCUT2D eigenvalue weighted by Gasteiger charge is -2.10. The van der Waals surface area contributed by atoms with Gasteiger partial charge in [0.2, 0.25) is 0 Å². The summed E-state index contributed by atoms with van der Waals surface area (Å²) in [4.78, 5) is 0. The second-order valence-corrected chi connectivity index (χ2v) is 4.91. The zero-order valence-electron chi connectivity index (χ0n) is 12.6. The Kier molecular flexibility index (Phi) is 4.48. The quantitative estimate of drug-likeness (QED) is 0.730. The first-order chi connectivity index (χ1) is 9.61. The summed E-state index contributed by atoms with van der Waals surface area (Å²) < 4.78 is 5.60. The molecule has 0 aromatic heterocycles. The van der Waals surface area contributed by atoms with Gasteiger partial charge in [0.15, 0.2) is 0 Å². The average molecular weight is 264 g/mol. The van der Waals surface area contributed by atoms with E-state index in [1.54, 1.807) is 0 Å². The Balaban J connectivity index is 2.31. The van der Waals surface area contributed by atoms with Crippen molar-refractivity contribution in [3.05, 3.63) is 64.2 Å². The molecule has 0 aliphatic heterocycles. The van der Waals surface area contributed by atoms with Crippen LogP contribution in [-0.2, 0) is 0 Å². The molecule has 20 heavy (non-hydrogen) atoms. The molecule has 0 aliphatic carbocycles. The second kappa shape index (κ2) is 6.30. The lowest BCUT2D eigenvalue weighted by Crippen LogP contribution is -1.97. The number of hydrogen-bond acceptors (Lipinski definition) is 1. The van der Waals surface area contributed by atoms with Crippen molar-refractivity contribution in [3.63, 3.8) is 0 Å². The van der Waals surface area contributed by atoms with Crippen molar-refractivity contribution >= 4 is 0 Å². The van der Waals surface area contributed by atoms with Crippen LogP contribution in [0, 0.1) is 32.6 Å². The minimum absolute atomic E-state index is 0.689. The monoisotopic (exact) mass is 264 g/mol. The van der Waals surface area contributed by atoms with Crippen molar-refractivity contribution in [1.82, 2.24) is 0 Å². The maximum atomic E-state index is 5.60. The Labute approximate surface area is 121 Å². The number of benzene rings is 2. The van der Waals surface area contributed by atoms with Crippen molar-refractivity contribution in [2.45, 2.75) is 27.7 Å². The van der Waals surface area contributed by atoms with E-state index < -0.39 is 0 Å². The van der Waals surface area contributed by atoms with Gasteiger partial charge >= 0.3 is 0 Å². The van der Waals surface area contributed by atoms with Gasteiger partial charge in [0.1, 0.15) is 5.75 Å². The Bertz CT molecular complexity index is 655. The van der Waals surface area contributed by atoms with Crippen LogP contribution in [0.2, 0.25) is 0 Å². The highest BCUT2D eigenvalue weighted by Crippen LogP contribution is 2.23. The van der Waals surface area contributed by atoms with E-state index in [0.29, 0.717) is 6.61 Å². The molecule has 0 amide bonds. The Hall–Kier alpha value is -2.20. The molecule has 0 bridgehead atoms. The van der Waals surface area contributed by atoms with Crippen LogP contribution in [0.15, 0.2) is 36.4 Å². The van der Waals surface area contributed by atoms with E-state index in [0.717, 1.165) is 16.9 Å². The summed E-state index contributed by atoms with van der Waals surface area (Å²) in [5, 5.41) is 0. The molecule has 102 valence electrons. The number of ether oxygens (including phenoxy) is 1. The van der Waals surface area contributed by atoms with Gasteiger partial charge in [-0.15, -0.1) is 0 Å². The van der Waals surface area contributed by atoms with Crippen molar-refractivity contribution in [2.24, 2.45) is 0 Å². The minimum atomic E-state index is 0.689. The Morgan fingerprint density at radius 1 is 0.850 bits per heavy atom. The van der Waals surface area contributed by atoms with Crippen LogP contribution < -0.4 is 4.74 Å². The van der Waals surface area contributed by atoms with Crippen LogP contribution in [0.3, 0.4) is 0 Å². The number of rotatable bonds is 2. The molecule has 0 radical (unpaired) electrons. The fraction of sp³-hybridized carbons (Fsp3) is 0.263. The van der Waals surface area contributed by atoms with Gasteiger partial charge < -0.3 is 4.74 Å². The summed E-state index contributed by atoms with van der Waals surface area (Å²) in [6.45, 7) is 8.94. The van der Waals surface area contributed by atoms with Crippen LogP contribution in [0.25, 0.3) is 0 Å². The number of hydrogen-bond donors (Lipinski definition) is 0. The highest BCUT2D eigenvalue weighted by atomic mass is 16.5. The van der Waals surface area contributed by atoms with E-state index in [9.17, 15) is 0 Å². The first kappa shape index (κ1) is 14.2. The first-order valence-electron chi connectivity index (χ1n) is 6.93. The summed E-state index contributed by atoms with van der Waals surface area (Å²) in [5.41, 5.74) is 5.72. The lowest BCUT2D eigenvalue weighted by atomic mass is 10.0. The van der Waals surface area contributed by atoms with E-state index in [2.05, 4.69) is 56.9 Å². The topological polar surface area (TPSA) is 9.23 Å². The molecule has 0 fully saturated rings. The average Bonchev–Trinajstić information content (AvgIpc) is 2.45. The minimum Gasteiger partial charge on any atom is -0.494 e. The van der Waals surface area contributed by atoms with Crippen molar-refractivity contribution in [1.29, 1.82) is 0 Å². The number of aryl methyl sites for hydroxylation is 1. The standard InChI is InChI=1S/C19H20O/c1-5-20-19-13-12-18(15(3)16(19)4)11-10-17-8-6-14(2)7-9-17/h6-9,12-13H,5H2,1-4H3. The molecule has 0 atom stereocenters. The summed E-state index contributed by atoms with van der Waals surface area (Å²) in [7, 11) is 0. The van der Waals surface area contributed by atoms with Gasteiger partial charge in [0.25, 0.3) is 0 Å². The maximum Gasteiger partial charge on any atom is 0.122 e. The molecule has 2 aromatic rings. The maximum absolute atomic E-state index is 5.60. The zero-order valence-corrected chi connectivity index (χ0v) is 12.6. The van der Waals surface area contributed by atoms with Crippen LogP contribution in [0.5, 0.6) is 5.75 Å². The van der Waals surface area contributed by atoms with Gasteiger partial charge in [-0.05, 0) is 63.1 Å². The van der Waals surface area contributed by atoms with E-state index in [4.69, 9.17) is 4.74 Å². The molecule has 1 nitrogen and oxygen atoms in total. The fourth-order valence-electron chi connectivity index (χ4n) is 2.02. The van der Waals surface area contributed by atoms with Gasteiger partial charge in [-0.2, -0.15) is 0 Å². The molecular weight excluding hydrogens is 244 g/mol. The lowest BCUT2D eigenvalue weighted by molar-refractivity contribution is 0.337. The smallest absolute Gasteiger partial charge is 0.122 e. The van der Waals surface area contributed by atoms with Gasteiger partial charge in [-0.3, -0.25) is 0 Å². The van der Waals surface area contributed by atoms with E-state index in [-0.39, 0.29) is 0 Å². The van der Waals surface area contributed by atoms with Crippen molar-refractivity contribution in [2.75, 3.05) is 6.61 Å². The predicted molar refractivity (Wildman–Crippen MR) is 84.2 cm³/mol. The molecule has 0 spiro atoms. The predicted octanol–water partition coefficient (Wildman–Crippen LogP) is 4.41. The van der Waals surface area contributed by atoms with E-state index in [1.165, 1.54) is 16.7 Å². The van der Waals surface area contributed by atoms with Gasteiger partial charge in [-0.1, -0.05) is 29.5 Å². The molecule has 0 saturated carbocycles. The van der Waals surface area contributed by atoms with Crippen molar-refractivity contribution in [3.8, 4) is 17.6 Å². The fourth-order valence-corrected chi connectivity index (χ4v) is 2.02. The molecule has 0 N–H and O–H groups in total. The highest BCUT2D eigenvalue weighted by Gasteiger charge is 2.05. The third-order valence-corrected chi connectivity index (χ3v) is 3.43. The van der Waals surface area contributed by atoms with Crippen LogP contribution in [-0.4, -0.2) is 6.61 Å². The van der Waals surface area contributed by atoms with Gasteiger partial charge in [0, 0.05) is 11.1 Å². The molecule has 0 heterocycles. The van der Waals surface area contributed by atoms with E-state index >= 15 is 0 Å². The van der Waals surface area contributed by atoms with Gasteiger partial charge in [-0.25, -0.2) is 0 Å². The van der Waals surface area contributed by atoms with Gasteiger partial charge in [0.05, 0.1) is 6.61 Å². The molecule has 0 aliphatic rings. The van der Waals surface area contributed by atoms with Crippen molar-refractivity contribution < 1.29 is 4.74 Å². The molecule has 1 heteroatoms. The summed E-state index contributed by atoms with van der Waals surface area (Å²) in [6, 6.07) is 12.3. The highest BCUT2D eigenvalue weighted by molar-refractivity contribution is 5.52. The third-order valence-electron chi connectivity index (χ3n) is 3.43.